The van der Waals surface area contributed by atoms with Crippen molar-refractivity contribution >= 4 is 17.5 Å². The van der Waals surface area contributed by atoms with Crippen LogP contribution in [-0.4, -0.2) is 24.4 Å². The summed E-state index contributed by atoms with van der Waals surface area (Å²) < 4.78 is 0. The van der Waals surface area contributed by atoms with E-state index < -0.39 is 0 Å². The van der Waals surface area contributed by atoms with Crippen LogP contribution in [0.5, 0.6) is 0 Å². The number of aryl methyl sites for hydroxylation is 2. The van der Waals surface area contributed by atoms with Crippen LogP contribution in [0, 0.1) is 19.8 Å². The number of hydrogen-bond acceptors (Lipinski definition) is 2. The maximum atomic E-state index is 12.2. The molecule has 1 atom stereocenters. The van der Waals surface area contributed by atoms with Gasteiger partial charge in [-0.2, -0.15) is 0 Å². The fraction of sp³-hybridized carbons (Fsp3) is 0.500. The van der Waals surface area contributed by atoms with E-state index in [9.17, 15) is 9.59 Å². The fourth-order valence-corrected chi connectivity index (χ4v) is 2.53. The number of amides is 2. The van der Waals surface area contributed by atoms with Crippen LogP contribution in [0.2, 0.25) is 0 Å². The van der Waals surface area contributed by atoms with Gasteiger partial charge in [-0.05, 0) is 44.9 Å². The van der Waals surface area contributed by atoms with Crippen LogP contribution in [0.4, 0.5) is 5.69 Å². The van der Waals surface area contributed by atoms with Crippen molar-refractivity contribution in [3.63, 3.8) is 0 Å². The van der Waals surface area contributed by atoms with Crippen molar-refractivity contribution < 1.29 is 9.59 Å². The van der Waals surface area contributed by atoms with Crippen LogP contribution < -0.4 is 10.2 Å². The molecule has 108 valence electrons. The Labute approximate surface area is 120 Å². The molecule has 2 amide bonds. The molecule has 2 rings (SSSR count). The van der Waals surface area contributed by atoms with Gasteiger partial charge in [-0.3, -0.25) is 9.59 Å². The Morgan fingerprint density at radius 2 is 2.05 bits per heavy atom. The zero-order chi connectivity index (χ0) is 14.9. The third kappa shape index (κ3) is 3.00. The van der Waals surface area contributed by atoms with Gasteiger partial charge in [-0.15, -0.1) is 0 Å². The largest absolute Gasteiger partial charge is 0.354 e. The summed E-state index contributed by atoms with van der Waals surface area (Å²) in [6.45, 7) is 8.33. The van der Waals surface area contributed by atoms with Gasteiger partial charge in [0.05, 0.1) is 5.92 Å². The second-order valence-corrected chi connectivity index (χ2v) is 5.86. The van der Waals surface area contributed by atoms with E-state index in [0.29, 0.717) is 13.0 Å². The maximum Gasteiger partial charge on any atom is 0.227 e. The van der Waals surface area contributed by atoms with Crippen molar-refractivity contribution in [1.29, 1.82) is 0 Å². The fourth-order valence-electron chi connectivity index (χ4n) is 2.53. The summed E-state index contributed by atoms with van der Waals surface area (Å²) >= 11 is 0. The molecule has 4 heteroatoms. The Kier molecular flexibility index (Phi) is 4.12. The summed E-state index contributed by atoms with van der Waals surface area (Å²) in [5.74, 6) is -0.242. The van der Waals surface area contributed by atoms with Crippen LogP contribution in [0.1, 0.15) is 31.4 Å². The minimum absolute atomic E-state index is 0.0267. The molecule has 0 aromatic heterocycles. The Morgan fingerprint density at radius 3 is 2.70 bits per heavy atom. The van der Waals surface area contributed by atoms with Gasteiger partial charge in [-0.1, -0.05) is 12.1 Å². The van der Waals surface area contributed by atoms with Crippen molar-refractivity contribution in [2.75, 3.05) is 11.4 Å². The monoisotopic (exact) mass is 274 g/mol. The van der Waals surface area contributed by atoms with Gasteiger partial charge < -0.3 is 10.2 Å². The lowest BCUT2D eigenvalue weighted by atomic mass is 10.1. The van der Waals surface area contributed by atoms with Crippen LogP contribution in [0.25, 0.3) is 0 Å². The highest BCUT2D eigenvalue weighted by Crippen LogP contribution is 2.28. The second kappa shape index (κ2) is 5.65. The Balaban J connectivity index is 2.17. The molecular formula is C16H22N2O2. The van der Waals surface area contributed by atoms with Gasteiger partial charge >= 0.3 is 0 Å². The second-order valence-electron chi connectivity index (χ2n) is 5.86. The standard InChI is InChI=1S/C16H22N2O2/c1-10(2)17-16(20)13-8-15(19)18(9-13)14-7-11(3)5-6-12(14)4/h5-7,10,13H,8-9H2,1-4H3,(H,17,20). The number of nitrogens with zero attached hydrogens (tertiary/aromatic N) is 1. The number of nitrogens with one attached hydrogen (secondary N) is 1. The minimum Gasteiger partial charge on any atom is -0.354 e. The molecule has 1 saturated heterocycles. The van der Waals surface area contributed by atoms with Gasteiger partial charge in [0, 0.05) is 24.7 Å². The first-order chi connectivity index (χ1) is 9.38. The molecule has 1 aromatic rings. The lowest BCUT2D eigenvalue weighted by molar-refractivity contribution is -0.126. The summed E-state index contributed by atoms with van der Waals surface area (Å²) in [5, 5.41) is 2.89. The van der Waals surface area contributed by atoms with E-state index in [1.54, 1.807) is 4.90 Å². The van der Waals surface area contributed by atoms with Gasteiger partial charge in [0.25, 0.3) is 0 Å². The number of anilines is 1. The first kappa shape index (κ1) is 14.6. The van der Waals surface area contributed by atoms with Gasteiger partial charge in [0.1, 0.15) is 0 Å². The molecular weight excluding hydrogens is 252 g/mol. The lowest BCUT2D eigenvalue weighted by Gasteiger charge is -2.20. The molecule has 0 saturated carbocycles. The average Bonchev–Trinajstić information content (AvgIpc) is 2.74. The summed E-state index contributed by atoms with van der Waals surface area (Å²) in [7, 11) is 0. The highest BCUT2D eigenvalue weighted by Gasteiger charge is 2.35. The summed E-state index contributed by atoms with van der Waals surface area (Å²) in [5.41, 5.74) is 3.11. The molecule has 1 N–H and O–H groups in total. The van der Waals surface area contributed by atoms with Crippen molar-refractivity contribution in [2.45, 2.75) is 40.2 Å². The van der Waals surface area contributed by atoms with E-state index in [-0.39, 0.29) is 23.8 Å². The number of benzene rings is 1. The lowest BCUT2D eigenvalue weighted by Crippen LogP contribution is -2.37. The van der Waals surface area contributed by atoms with Crippen LogP contribution >= 0.6 is 0 Å². The van der Waals surface area contributed by atoms with Crippen molar-refractivity contribution in [2.24, 2.45) is 5.92 Å². The number of carbonyl (C=O) groups is 2. The number of hydrogen-bond donors (Lipinski definition) is 1. The molecule has 1 aromatic carbocycles. The quantitative estimate of drug-likeness (QED) is 0.918. The van der Waals surface area contributed by atoms with E-state index in [4.69, 9.17) is 0 Å². The third-order valence-corrected chi connectivity index (χ3v) is 3.58. The summed E-state index contributed by atoms with van der Waals surface area (Å²) in [4.78, 5) is 26.0. The minimum atomic E-state index is -0.246. The molecule has 1 heterocycles. The summed E-state index contributed by atoms with van der Waals surface area (Å²) in [6.07, 6.45) is 0.298. The first-order valence-electron chi connectivity index (χ1n) is 7.06. The van der Waals surface area contributed by atoms with Gasteiger partial charge in [0.15, 0.2) is 0 Å². The van der Waals surface area contributed by atoms with Gasteiger partial charge in [0.2, 0.25) is 11.8 Å². The van der Waals surface area contributed by atoms with Crippen molar-refractivity contribution in [3.05, 3.63) is 29.3 Å². The SMILES string of the molecule is Cc1ccc(C)c(N2CC(C(=O)NC(C)C)CC2=O)c1. The van der Waals surface area contributed by atoms with Crippen molar-refractivity contribution in [3.8, 4) is 0 Å². The molecule has 1 aliphatic rings. The van der Waals surface area contributed by atoms with Gasteiger partial charge in [-0.25, -0.2) is 0 Å². The van der Waals surface area contributed by atoms with Crippen LogP contribution in [-0.2, 0) is 9.59 Å². The molecule has 0 spiro atoms. The first-order valence-corrected chi connectivity index (χ1v) is 7.06. The van der Waals surface area contributed by atoms with E-state index >= 15 is 0 Å². The third-order valence-electron chi connectivity index (χ3n) is 3.58. The average molecular weight is 274 g/mol. The molecule has 1 aliphatic heterocycles. The van der Waals surface area contributed by atoms with E-state index in [1.807, 2.05) is 45.9 Å². The topological polar surface area (TPSA) is 49.4 Å². The van der Waals surface area contributed by atoms with Crippen LogP contribution in [0.3, 0.4) is 0 Å². The van der Waals surface area contributed by atoms with Crippen molar-refractivity contribution in [1.82, 2.24) is 5.32 Å². The Hall–Kier alpha value is -1.84. The zero-order valence-corrected chi connectivity index (χ0v) is 12.6. The number of rotatable bonds is 3. The molecule has 1 fully saturated rings. The predicted molar refractivity (Wildman–Crippen MR) is 79.7 cm³/mol. The molecule has 1 unspecified atom stereocenters. The molecule has 20 heavy (non-hydrogen) atoms. The smallest absolute Gasteiger partial charge is 0.227 e. The zero-order valence-electron chi connectivity index (χ0n) is 12.6. The Morgan fingerprint density at radius 1 is 1.35 bits per heavy atom. The summed E-state index contributed by atoms with van der Waals surface area (Å²) in [6, 6.07) is 6.16. The molecule has 0 radical (unpaired) electrons. The number of carbonyl (C=O) groups excluding carboxylic acids is 2. The Bertz CT molecular complexity index is 537. The highest BCUT2D eigenvalue weighted by molar-refractivity contribution is 6.00. The molecule has 4 nitrogen and oxygen atoms in total. The van der Waals surface area contributed by atoms with E-state index in [0.717, 1.165) is 16.8 Å². The highest BCUT2D eigenvalue weighted by atomic mass is 16.2. The normalized spacial score (nSPS) is 18.8. The van der Waals surface area contributed by atoms with E-state index in [2.05, 4.69) is 5.32 Å². The molecule has 0 bridgehead atoms. The predicted octanol–water partition coefficient (Wildman–Crippen LogP) is 2.18. The van der Waals surface area contributed by atoms with E-state index in [1.165, 1.54) is 0 Å². The maximum absolute atomic E-state index is 12.2. The van der Waals surface area contributed by atoms with Crippen LogP contribution in [0.15, 0.2) is 18.2 Å². The molecule has 0 aliphatic carbocycles.